The fraction of sp³-hybridized carbons (Fsp3) is 0.0800. The summed E-state index contributed by atoms with van der Waals surface area (Å²) in [4.78, 5) is 12.6. The zero-order valence-corrected chi connectivity index (χ0v) is 16.1. The van der Waals surface area contributed by atoms with E-state index in [4.69, 9.17) is 14.2 Å². The molecule has 0 unspecified atom stereocenters. The van der Waals surface area contributed by atoms with Crippen molar-refractivity contribution < 1.29 is 19.0 Å². The molecule has 3 aromatic rings. The summed E-state index contributed by atoms with van der Waals surface area (Å²) in [5.74, 6) is 2.07. The molecule has 4 heteroatoms. The smallest absolute Gasteiger partial charge is 0.231 e. The lowest BCUT2D eigenvalue weighted by molar-refractivity contribution is 0.101. The maximum atomic E-state index is 12.6. The van der Waals surface area contributed by atoms with Crippen LogP contribution in [-0.4, -0.2) is 12.9 Å². The number of hydrogen-bond acceptors (Lipinski definition) is 4. The van der Waals surface area contributed by atoms with Crippen molar-refractivity contribution in [3.63, 3.8) is 0 Å². The molecule has 0 N–H and O–H groups in total. The van der Waals surface area contributed by atoms with Gasteiger partial charge in [0.1, 0.15) is 23.9 Å². The minimum absolute atomic E-state index is 0.137. The van der Waals surface area contributed by atoms with E-state index in [1.54, 1.807) is 37.5 Å². The number of Topliss-reactive ketones (excluding diaryl/α,β-unsaturated/α-hetero) is 1. The van der Waals surface area contributed by atoms with Gasteiger partial charge in [0.25, 0.3) is 0 Å². The van der Waals surface area contributed by atoms with Crippen LogP contribution in [0.4, 0.5) is 0 Å². The van der Waals surface area contributed by atoms with Gasteiger partial charge >= 0.3 is 0 Å². The molecule has 1 aliphatic rings. The van der Waals surface area contributed by atoms with E-state index in [2.05, 4.69) is 6.58 Å². The molecule has 3 aromatic carbocycles. The molecule has 0 atom stereocenters. The van der Waals surface area contributed by atoms with Crippen molar-refractivity contribution in [3.8, 4) is 17.2 Å². The molecule has 4 rings (SSSR count). The van der Waals surface area contributed by atoms with Gasteiger partial charge in [0, 0.05) is 6.07 Å². The molecule has 0 aliphatic carbocycles. The third-order valence-electron chi connectivity index (χ3n) is 4.68. The Balaban J connectivity index is 1.47. The molecule has 1 heterocycles. The standard InChI is InChI=1S/C25H20O4/c1-3-17-4-6-19(7-5-17)16-28-21-12-13-22-23(15-21)29-24(25(22)26)14-18-8-10-20(27-2)11-9-18/h3-15H,1,16H2,2H3. The summed E-state index contributed by atoms with van der Waals surface area (Å²) in [5.41, 5.74) is 3.51. The van der Waals surface area contributed by atoms with Gasteiger partial charge in [0.05, 0.1) is 12.7 Å². The Kier molecular flexibility index (Phi) is 5.16. The topological polar surface area (TPSA) is 44.8 Å². The minimum Gasteiger partial charge on any atom is -0.497 e. The van der Waals surface area contributed by atoms with Crippen LogP contribution in [0.5, 0.6) is 17.2 Å². The second-order valence-corrected chi connectivity index (χ2v) is 6.61. The van der Waals surface area contributed by atoms with Gasteiger partial charge in [-0.25, -0.2) is 0 Å². The minimum atomic E-state index is -0.137. The van der Waals surface area contributed by atoms with E-state index in [-0.39, 0.29) is 5.78 Å². The average Bonchev–Trinajstić information content (AvgIpc) is 3.07. The first-order chi connectivity index (χ1) is 14.2. The normalized spacial score (nSPS) is 13.7. The average molecular weight is 384 g/mol. The van der Waals surface area contributed by atoms with Crippen molar-refractivity contribution in [1.82, 2.24) is 0 Å². The van der Waals surface area contributed by atoms with Gasteiger partial charge in [-0.2, -0.15) is 0 Å². The molecule has 0 radical (unpaired) electrons. The largest absolute Gasteiger partial charge is 0.497 e. The summed E-state index contributed by atoms with van der Waals surface area (Å²) in [6, 6.07) is 20.7. The summed E-state index contributed by atoms with van der Waals surface area (Å²) >= 11 is 0. The number of hydrogen-bond donors (Lipinski definition) is 0. The molecule has 144 valence electrons. The van der Waals surface area contributed by atoms with Crippen LogP contribution in [-0.2, 0) is 6.61 Å². The maximum absolute atomic E-state index is 12.6. The summed E-state index contributed by atoms with van der Waals surface area (Å²) in [6.07, 6.45) is 3.53. The fourth-order valence-corrected chi connectivity index (χ4v) is 3.03. The van der Waals surface area contributed by atoms with E-state index in [0.29, 0.717) is 29.4 Å². The third kappa shape index (κ3) is 4.06. The monoisotopic (exact) mass is 384 g/mol. The second-order valence-electron chi connectivity index (χ2n) is 6.61. The number of allylic oxidation sites excluding steroid dienone is 1. The fourth-order valence-electron chi connectivity index (χ4n) is 3.03. The highest BCUT2D eigenvalue weighted by molar-refractivity contribution is 6.14. The summed E-state index contributed by atoms with van der Waals surface area (Å²) in [7, 11) is 1.61. The molecule has 0 spiro atoms. The van der Waals surface area contributed by atoms with E-state index in [9.17, 15) is 4.79 Å². The first-order valence-electron chi connectivity index (χ1n) is 9.23. The van der Waals surface area contributed by atoms with E-state index in [1.807, 2.05) is 48.5 Å². The van der Waals surface area contributed by atoms with Gasteiger partial charge in [-0.15, -0.1) is 0 Å². The van der Waals surface area contributed by atoms with Crippen LogP contribution >= 0.6 is 0 Å². The van der Waals surface area contributed by atoms with E-state index in [1.165, 1.54) is 0 Å². The Morgan fingerprint density at radius 1 is 0.931 bits per heavy atom. The molecular formula is C25H20O4. The van der Waals surface area contributed by atoms with E-state index in [0.717, 1.165) is 22.4 Å². The Morgan fingerprint density at radius 3 is 2.31 bits per heavy atom. The lowest BCUT2D eigenvalue weighted by atomic mass is 10.1. The lowest BCUT2D eigenvalue weighted by Crippen LogP contribution is -1.98. The van der Waals surface area contributed by atoms with Gasteiger partial charge in [-0.1, -0.05) is 49.1 Å². The summed E-state index contributed by atoms with van der Waals surface area (Å²) in [6.45, 7) is 4.18. The van der Waals surface area contributed by atoms with Crippen LogP contribution in [0.3, 0.4) is 0 Å². The molecule has 0 aromatic heterocycles. The highest BCUT2D eigenvalue weighted by Gasteiger charge is 2.27. The van der Waals surface area contributed by atoms with Crippen molar-refractivity contribution in [2.24, 2.45) is 0 Å². The predicted octanol–water partition coefficient (Wildman–Crippen LogP) is 5.53. The molecule has 0 fully saturated rings. The van der Waals surface area contributed by atoms with Gasteiger partial charge in [-0.05, 0) is 47.0 Å². The molecular weight excluding hydrogens is 364 g/mol. The van der Waals surface area contributed by atoms with Crippen LogP contribution in [0.25, 0.3) is 12.2 Å². The molecule has 0 saturated heterocycles. The number of ketones is 1. The lowest BCUT2D eigenvalue weighted by Gasteiger charge is -2.07. The van der Waals surface area contributed by atoms with Crippen LogP contribution in [0.1, 0.15) is 27.0 Å². The van der Waals surface area contributed by atoms with Crippen molar-refractivity contribution >= 4 is 17.9 Å². The number of carbonyl (C=O) groups is 1. The van der Waals surface area contributed by atoms with Gasteiger partial charge in [-0.3, -0.25) is 4.79 Å². The summed E-state index contributed by atoms with van der Waals surface area (Å²) in [5, 5.41) is 0. The van der Waals surface area contributed by atoms with Crippen molar-refractivity contribution in [2.45, 2.75) is 6.61 Å². The molecule has 4 nitrogen and oxygen atoms in total. The predicted molar refractivity (Wildman–Crippen MR) is 113 cm³/mol. The number of methoxy groups -OCH3 is 1. The SMILES string of the molecule is C=Cc1ccc(COc2ccc3c(c2)OC(=Cc2ccc(OC)cc2)C3=O)cc1. The van der Waals surface area contributed by atoms with Crippen LogP contribution < -0.4 is 14.2 Å². The molecule has 29 heavy (non-hydrogen) atoms. The molecule has 1 aliphatic heterocycles. The van der Waals surface area contributed by atoms with Crippen LogP contribution in [0.15, 0.2) is 79.1 Å². The Labute approximate surface area is 169 Å². The van der Waals surface area contributed by atoms with Gasteiger partial charge < -0.3 is 14.2 Å². The molecule has 0 amide bonds. The number of carbonyl (C=O) groups excluding carboxylic acids is 1. The zero-order valence-electron chi connectivity index (χ0n) is 16.1. The maximum Gasteiger partial charge on any atom is 0.231 e. The van der Waals surface area contributed by atoms with E-state index < -0.39 is 0 Å². The van der Waals surface area contributed by atoms with Gasteiger partial charge in [0.15, 0.2) is 5.76 Å². The third-order valence-corrected chi connectivity index (χ3v) is 4.68. The first kappa shape index (κ1) is 18.6. The van der Waals surface area contributed by atoms with Crippen molar-refractivity contribution in [3.05, 3.63) is 101 Å². The number of fused-ring (bicyclic) bond motifs is 1. The van der Waals surface area contributed by atoms with Gasteiger partial charge in [0.2, 0.25) is 5.78 Å². The van der Waals surface area contributed by atoms with Crippen molar-refractivity contribution in [2.75, 3.05) is 7.11 Å². The molecule has 0 saturated carbocycles. The number of benzene rings is 3. The summed E-state index contributed by atoms with van der Waals surface area (Å²) < 4.78 is 16.8. The van der Waals surface area contributed by atoms with E-state index >= 15 is 0 Å². The Morgan fingerprint density at radius 2 is 1.62 bits per heavy atom. The first-order valence-corrected chi connectivity index (χ1v) is 9.23. The second kappa shape index (κ2) is 8.07. The quantitative estimate of drug-likeness (QED) is 0.524. The highest BCUT2D eigenvalue weighted by Crippen LogP contribution is 2.35. The Bertz CT molecular complexity index is 1080. The Hall–Kier alpha value is -3.79. The number of rotatable bonds is 6. The van der Waals surface area contributed by atoms with Crippen LogP contribution in [0, 0.1) is 0 Å². The molecule has 0 bridgehead atoms. The zero-order chi connectivity index (χ0) is 20.2. The van der Waals surface area contributed by atoms with Crippen LogP contribution in [0.2, 0.25) is 0 Å². The highest BCUT2D eigenvalue weighted by atomic mass is 16.5. The van der Waals surface area contributed by atoms with Crippen molar-refractivity contribution in [1.29, 1.82) is 0 Å². The number of ether oxygens (including phenoxy) is 3.